The quantitative estimate of drug-likeness (QED) is 0.631. The zero-order valence-electron chi connectivity index (χ0n) is 7.45. The van der Waals surface area contributed by atoms with Crippen LogP contribution in [-0.2, 0) is 10.3 Å². The van der Waals surface area contributed by atoms with Crippen molar-refractivity contribution in [3.8, 4) is 0 Å². The lowest BCUT2D eigenvalue weighted by Gasteiger charge is -2.20. The van der Waals surface area contributed by atoms with Gasteiger partial charge in [0.2, 0.25) is 0 Å². The van der Waals surface area contributed by atoms with E-state index in [1.165, 1.54) is 0 Å². The summed E-state index contributed by atoms with van der Waals surface area (Å²) >= 11 is 0. The summed E-state index contributed by atoms with van der Waals surface area (Å²) in [6.07, 6.45) is 2.36. The molecule has 3 rings (SSSR count). The van der Waals surface area contributed by atoms with Gasteiger partial charge in [0.15, 0.2) is 5.54 Å². The summed E-state index contributed by atoms with van der Waals surface area (Å²) in [7, 11) is 0. The van der Waals surface area contributed by atoms with E-state index in [1.807, 2.05) is 24.3 Å². The highest BCUT2D eigenvalue weighted by Gasteiger charge is 2.47. The predicted octanol–water partition coefficient (Wildman–Crippen LogP) is 0.813. The number of anilines is 1. The van der Waals surface area contributed by atoms with Crippen molar-refractivity contribution >= 4 is 17.8 Å². The van der Waals surface area contributed by atoms with Gasteiger partial charge >= 0.3 is 0 Å². The largest absolute Gasteiger partial charge is 0.323 e. The number of nitrogens with zero attached hydrogens (tertiary/aromatic N) is 1. The van der Waals surface area contributed by atoms with Crippen molar-refractivity contribution in [3.05, 3.63) is 29.8 Å². The second kappa shape index (κ2) is 2.35. The summed E-state index contributed by atoms with van der Waals surface area (Å²) in [5.74, 6) is -0.0174. The Bertz CT molecular complexity index is 431. The van der Waals surface area contributed by atoms with E-state index >= 15 is 0 Å². The third kappa shape index (κ3) is 0.731. The molecule has 0 radical (unpaired) electrons. The molecule has 1 aromatic rings. The van der Waals surface area contributed by atoms with Crippen LogP contribution in [0.1, 0.15) is 12.0 Å². The molecule has 2 heterocycles. The Morgan fingerprint density at radius 2 is 2.21 bits per heavy atom. The first kappa shape index (κ1) is 7.55. The van der Waals surface area contributed by atoms with Crippen molar-refractivity contribution < 1.29 is 4.79 Å². The Labute approximate surface area is 81.0 Å². The van der Waals surface area contributed by atoms with E-state index in [9.17, 15) is 4.79 Å². The molecule has 2 N–H and O–H groups in total. The summed E-state index contributed by atoms with van der Waals surface area (Å²) < 4.78 is 0. The summed E-state index contributed by atoms with van der Waals surface area (Å²) in [6, 6.07) is 7.70. The van der Waals surface area contributed by atoms with Gasteiger partial charge < -0.3 is 5.32 Å². The number of hydrogen-bond donors (Lipinski definition) is 2. The maximum atomic E-state index is 11.8. The van der Waals surface area contributed by atoms with Crippen molar-refractivity contribution in [2.45, 2.75) is 12.0 Å². The average molecular weight is 187 g/mol. The summed E-state index contributed by atoms with van der Waals surface area (Å²) in [4.78, 5) is 11.8. The van der Waals surface area contributed by atoms with Crippen LogP contribution in [0, 0.1) is 0 Å². The van der Waals surface area contributed by atoms with Gasteiger partial charge in [0.05, 0.1) is 0 Å². The highest BCUT2D eigenvalue weighted by atomic mass is 16.2. The third-order valence-electron chi connectivity index (χ3n) is 2.77. The smallest absolute Gasteiger partial charge is 0.256 e. The molecular weight excluding hydrogens is 178 g/mol. The van der Waals surface area contributed by atoms with Crippen molar-refractivity contribution in [3.63, 3.8) is 0 Å². The molecule has 4 heteroatoms. The Hall–Kier alpha value is -1.84. The monoisotopic (exact) mass is 187 g/mol. The molecule has 1 aromatic carbocycles. The van der Waals surface area contributed by atoms with Crippen LogP contribution in [0.15, 0.2) is 29.4 Å². The lowest BCUT2D eigenvalue weighted by Crippen LogP contribution is -2.42. The van der Waals surface area contributed by atoms with E-state index in [0.29, 0.717) is 6.42 Å². The number of benzene rings is 1. The van der Waals surface area contributed by atoms with Gasteiger partial charge in [-0.3, -0.25) is 10.2 Å². The molecule has 0 saturated carbocycles. The molecule has 0 fully saturated rings. The minimum absolute atomic E-state index is 0.0174. The summed E-state index contributed by atoms with van der Waals surface area (Å²) in [5.41, 5.74) is 4.13. The maximum Gasteiger partial charge on any atom is 0.256 e. The predicted molar refractivity (Wildman–Crippen MR) is 53.0 cm³/mol. The van der Waals surface area contributed by atoms with Gasteiger partial charge in [0, 0.05) is 23.9 Å². The minimum atomic E-state index is -0.642. The number of carbonyl (C=O) groups excluding carboxylic acids is 1. The molecule has 2 aliphatic rings. The van der Waals surface area contributed by atoms with Crippen molar-refractivity contribution in [2.75, 3.05) is 5.32 Å². The first-order valence-corrected chi connectivity index (χ1v) is 4.53. The molecule has 0 saturated heterocycles. The number of para-hydroxylation sites is 1. The molecule has 0 aromatic heterocycles. The fourth-order valence-electron chi connectivity index (χ4n) is 2.01. The summed E-state index contributed by atoms with van der Waals surface area (Å²) in [5, 5.41) is 6.78. The van der Waals surface area contributed by atoms with E-state index in [-0.39, 0.29) is 5.91 Å². The Kier molecular flexibility index (Phi) is 1.27. The van der Waals surface area contributed by atoms with Gasteiger partial charge in [-0.2, -0.15) is 5.10 Å². The molecule has 1 unspecified atom stereocenters. The zero-order chi connectivity index (χ0) is 9.60. The number of amides is 1. The summed E-state index contributed by atoms with van der Waals surface area (Å²) in [6.45, 7) is 0. The molecule has 0 bridgehead atoms. The standard InChI is InChI=1S/C10H9N3O/c14-9-10(5-6-11-13-10)7-3-1-2-4-8(7)12-9/h1-4,6,13H,5H2,(H,12,14). The van der Waals surface area contributed by atoms with Crippen molar-refractivity contribution in [1.29, 1.82) is 0 Å². The number of hydrazone groups is 1. The maximum absolute atomic E-state index is 11.8. The van der Waals surface area contributed by atoms with Crippen LogP contribution in [0.5, 0.6) is 0 Å². The fraction of sp³-hybridized carbons (Fsp3) is 0.200. The van der Waals surface area contributed by atoms with Crippen LogP contribution >= 0.6 is 0 Å². The van der Waals surface area contributed by atoms with E-state index in [2.05, 4.69) is 15.8 Å². The van der Waals surface area contributed by atoms with E-state index in [1.54, 1.807) is 6.21 Å². The Balaban J connectivity index is 2.19. The number of fused-ring (bicyclic) bond motifs is 2. The van der Waals surface area contributed by atoms with Crippen LogP contribution < -0.4 is 10.7 Å². The highest BCUT2D eigenvalue weighted by molar-refractivity contribution is 6.07. The lowest BCUT2D eigenvalue weighted by atomic mass is 9.90. The lowest BCUT2D eigenvalue weighted by molar-refractivity contribution is -0.121. The van der Waals surface area contributed by atoms with Crippen LogP contribution in [0.4, 0.5) is 5.69 Å². The minimum Gasteiger partial charge on any atom is -0.323 e. The number of hydrogen-bond acceptors (Lipinski definition) is 3. The third-order valence-corrected chi connectivity index (χ3v) is 2.77. The highest BCUT2D eigenvalue weighted by Crippen LogP contribution is 2.39. The number of rotatable bonds is 0. The van der Waals surface area contributed by atoms with Crippen LogP contribution in [0.2, 0.25) is 0 Å². The SMILES string of the molecule is O=C1Nc2ccccc2C12CC=NN2. The van der Waals surface area contributed by atoms with Gasteiger partial charge in [-0.05, 0) is 6.07 Å². The molecule has 2 aliphatic heterocycles. The van der Waals surface area contributed by atoms with Gasteiger partial charge in [0.25, 0.3) is 5.91 Å². The van der Waals surface area contributed by atoms with Crippen LogP contribution in [0.25, 0.3) is 0 Å². The van der Waals surface area contributed by atoms with Gasteiger partial charge in [-0.15, -0.1) is 0 Å². The zero-order valence-corrected chi connectivity index (χ0v) is 7.45. The molecule has 1 atom stereocenters. The average Bonchev–Trinajstić information content (AvgIpc) is 2.77. The van der Waals surface area contributed by atoms with E-state index in [4.69, 9.17) is 0 Å². The topological polar surface area (TPSA) is 53.5 Å². The van der Waals surface area contributed by atoms with Crippen molar-refractivity contribution in [2.24, 2.45) is 5.10 Å². The van der Waals surface area contributed by atoms with Gasteiger partial charge in [-0.1, -0.05) is 18.2 Å². The fourth-order valence-corrected chi connectivity index (χ4v) is 2.01. The van der Waals surface area contributed by atoms with E-state index < -0.39 is 5.54 Å². The molecule has 70 valence electrons. The molecular formula is C10H9N3O. The Morgan fingerprint density at radius 1 is 1.36 bits per heavy atom. The first-order chi connectivity index (χ1) is 6.83. The number of carbonyl (C=O) groups is 1. The molecule has 1 amide bonds. The second-order valence-electron chi connectivity index (χ2n) is 3.53. The first-order valence-electron chi connectivity index (χ1n) is 4.53. The second-order valence-corrected chi connectivity index (χ2v) is 3.53. The van der Waals surface area contributed by atoms with Crippen LogP contribution in [-0.4, -0.2) is 12.1 Å². The molecule has 1 spiro atoms. The normalized spacial score (nSPS) is 27.6. The van der Waals surface area contributed by atoms with Crippen LogP contribution in [0.3, 0.4) is 0 Å². The van der Waals surface area contributed by atoms with Crippen molar-refractivity contribution in [1.82, 2.24) is 5.43 Å². The van der Waals surface area contributed by atoms with Gasteiger partial charge in [-0.25, -0.2) is 0 Å². The Morgan fingerprint density at radius 3 is 3.00 bits per heavy atom. The molecule has 4 nitrogen and oxygen atoms in total. The molecule has 14 heavy (non-hydrogen) atoms. The number of nitrogens with one attached hydrogen (secondary N) is 2. The van der Waals surface area contributed by atoms with Gasteiger partial charge in [0.1, 0.15) is 0 Å². The molecule has 0 aliphatic carbocycles. The van der Waals surface area contributed by atoms with E-state index in [0.717, 1.165) is 11.3 Å².